The number of allylic oxidation sites excluding steroid dienone is 1. The number of anilines is 1. The van der Waals surface area contributed by atoms with E-state index in [1.807, 2.05) is 0 Å². The molecule has 1 aromatic heterocycles. The highest BCUT2D eigenvalue weighted by Gasteiger charge is 2.37. The van der Waals surface area contributed by atoms with E-state index < -0.39 is 54.6 Å². The second kappa shape index (κ2) is 13.8. The van der Waals surface area contributed by atoms with Gasteiger partial charge >= 0.3 is 17.9 Å². The van der Waals surface area contributed by atoms with E-state index in [4.69, 9.17) is 17.0 Å². The number of amides is 1. The third-order valence-electron chi connectivity index (χ3n) is 7.98. The third-order valence-corrected chi connectivity index (χ3v) is 10.5. The number of aliphatic carboxylic acids is 3. The van der Waals surface area contributed by atoms with Gasteiger partial charge in [0.25, 0.3) is 17.0 Å². The van der Waals surface area contributed by atoms with Gasteiger partial charge in [0, 0.05) is 11.4 Å². The normalized spacial score (nSPS) is 19.1. The minimum Gasteiger partial charge on any atom is -0.497 e. The number of fused-ring (bicyclic) bond motifs is 1. The zero-order valence-corrected chi connectivity index (χ0v) is 27.7. The van der Waals surface area contributed by atoms with E-state index in [9.17, 15) is 44.1 Å². The maximum atomic E-state index is 14.4. The standard InChI is InChI=1S/C30H30N4O10S3/c1-3-31-26(25-29(43)34(14-23(39)40)30(45)47-25)33(13-22(37)38)28(42)24(27(31)41)17(15-6-4-5-7-15)11-20-32(12-21(35)36)18-9-8-16(44-2)10-19(18)46-20/h8-11,15H,3-7,12-14H2,1-2H3,(H,35,36)(H,37,38)(H,39,40). The predicted molar refractivity (Wildman–Crippen MR) is 178 cm³/mol. The third kappa shape index (κ3) is 6.59. The van der Waals surface area contributed by atoms with E-state index in [-0.39, 0.29) is 32.4 Å². The molecule has 2 fully saturated rings. The van der Waals surface area contributed by atoms with Crippen molar-refractivity contribution in [3.05, 3.63) is 60.7 Å². The van der Waals surface area contributed by atoms with E-state index in [1.54, 1.807) is 36.1 Å². The SMILES string of the molecule is CCn1c(=O)c(=C(C=C2Sc3cc(OC)ccc3N2CC(=O)O)C2CCCC2)c(=O)n(CC(=O)O)c1=C1SC(=S)N(CC(=O)O)C1=O. The van der Waals surface area contributed by atoms with Crippen molar-refractivity contribution in [1.29, 1.82) is 0 Å². The number of hydrogen-bond acceptors (Lipinski definition) is 11. The van der Waals surface area contributed by atoms with Crippen LogP contribution >= 0.6 is 35.7 Å². The second-order valence-corrected chi connectivity index (χ2v) is 13.6. The van der Waals surface area contributed by atoms with Crippen molar-refractivity contribution < 1.29 is 39.2 Å². The van der Waals surface area contributed by atoms with E-state index in [1.165, 1.54) is 18.9 Å². The molecule has 3 aliphatic rings. The highest BCUT2D eigenvalue weighted by Crippen LogP contribution is 2.48. The zero-order chi connectivity index (χ0) is 34.2. The van der Waals surface area contributed by atoms with Crippen molar-refractivity contribution in [2.24, 2.45) is 5.92 Å². The Labute approximate surface area is 280 Å². The lowest BCUT2D eigenvalue weighted by atomic mass is 9.95. The Morgan fingerprint density at radius 2 is 1.55 bits per heavy atom. The molecular weight excluding hydrogens is 673 g/mol. The number of carbonyl (C=O) groups is 4. The van der Waals surface area contributed by atoms with Crippen LogP contribution in [0.3, 0.4) is 0 Å². The number of thiocarbonyl (C=S) groups is 1. The average Bonchev–Trinajstić information content (AvgIpc) is 3.72. The van der Waals surface area contributed by atoms with Gasteiger partial charge in [-0.1, -0.05) is 48.6 Å². The molecule has 3 heterocycles. The fraction of sp³-hybridized carbons (Fsp3) is 0.367. The summed E-state index contributed by atoms with van der Waals surface area (Å²) in [6.07, 6.45) is 4.57. The maximum absolute atomic E-state index is 14.4. The Kier molecular flexibility index (Phi) is 9.97. The molecule has 0 unspecified atom stereocenters. The van der Waals surface area contributed by atoms with Crippen LogP contribution in [0.25, 0.3) is 10.5 Å². The van der Waals surface area contributed by atoms with Gasteiger partial charge < -0.3 is 25.0 Å². The quantitative estimate of drug-likeness (QED) is 0.298. The van der Waals surface area contributed by atoms with Crippen LogP contribution in [0.5, 0.6) is 5.75 Å². The van der Waals surface area contributed by atoms with Crippen molar-refractivity contribution in [3.63, 3.8) is 0 Å². The van der Waals surface area contributed by atoms with Crippen molar-refractivity contribution in [1.82, 2.24) is 14.0 Å². The summed E-state index contributed by atoms with van der Waals surface area (Å²) < 4.78 is 7.21. The first-order chi connectivity index (χ1) is 22.4. The van der Waals surface area contributed by atoms with Crippen molar-refractivity contribution in [2.45, 2.75) is 50.6 Å². The molecule has 5 rings (SSSR count). The number of methoxy groups -OCH3 is 1. The first-order valence-corrected chi connectivity index (χ1v) is 16.6. The Morgan fingerprint density at radius 3 is 2.15 bits per heavy atom. The number of hydrogen-bond donors (Lipinski definition) is 3. The molecule has 1 aromatic carbocycles. The minimum atomic E-state index is -1.41. The lowest BCUT2D eigenvalue weighted by Crippen LogP contribution is -2.60. The number of nitrogens with zero attached hydrogens (tertiary/aromatic N) is 4. The van der Waals surface area contributed by atoms with Crippen LogP contribution in [-0.4, -0.2) is 77.7 Å². The van der Waals surface area contributed by atoms with Gasteiger partial charge in [0.1, 0.15) is 45.3 Å². The van der Waals surface area contributed by atoms with Gasteiger partial charge in [-0.25, -0.2) is 0 Å². The summed E-state index contributed by atoms with van der Waals surface area (Å²) in [7, 11) is 1.51. The highest BCUT2D eigenvalue weighted by molar-refractivity contribution is 8.30. The van der Waals surface area contributed by atoms with Gasteiger partial charge in [-0.15, -0.1) is 0 Å². The summed E-state index contributed by atoms with van der Waals surface area (Å²) in [5, 5.41) is 29.1. The lowest BCUT2D eigenvalue weighted by Gasteiger charge is -2.20. The van der Waals surface area contributed by atoms with E-state index in [0.29, 0.717) is 51.5 Å². The second-order valence-electron chi connectivity index (χ2n) is 10.9. The molecule has 1 saturated heterocycles. The number of ether oxygens (including phenoxy) is 1. The van der Waals surface area contributed by atoms with Crippen molar-refractivity contribution in [2.75, 3.05) is 25.1 Å². The molecule has 1 amide bonds. The molecule has 17 heteroatoms. The lowest BCUT2D eigenvalue weighted by molar-refractivity contribution is -0.140. The number of thioether (sulfide) groups is 2. The van der Waals surface area contributed by atoms with E-state index in [2.05, 4.69) is 0 Å². The van der Waals surface area contributed by atoms with Crippen LogP contribution in [0.1, 0.15) is 32.6 Å². The summed E-state index contributed by atoms with van der Waals surface area (Å²) in [6, 6.07) is 5.19. The van der Waals surface area contributed by atoms with Gasteiger partial charge in [0.15, 0.2) is 0 Å². The molecule has 248 valence electrons. The van der Waals surface area contributed by atoms with Crippen molar-refractivity contribution >= 4 is 80.0 Å². The van der Waals surface area contributed by atoms with Crippen LogP contribution in [0.4, 0.5) is 5.69 Å². The zero-order valence-electron chi connectivity index (χ0n) is 25.3. The first-order valence-electron chi connectivity index (χ1n) is 14.5. The van der Waals surface area contributed by atoms with Crippen LogP contribution in [0.2, 0.25) is 0 Å². The number of carboxylic acid groups (broad SMARTS) is 3. The number of carboxylic acids is 3. The maximum Gasteiger partial charge on any atom is 0.323 e. The number of rotatable bonds is 10. The molecule has 1 aliphatic carbocycles. The average molecular weight is 703 g/mol. The summed E-state index contributed by atoms with van der Waals surface area (Å²) in [6.45, 7) is -0.519. The number of carbonyl (C=O) groups excluding carboxylic acids is 1. The minimum absolute atomic E-state index is 0.0657. The Hall–Kier alpha value is -4.35. The van der Waals surface area contributed by atoms with Crippen LogP contribution < -0.4 is 31.5 Å². The smallest absolute Gasteiger partial charge is 0.323 e. The summed E-state index contributed by atoms with van der Waals surface area (Å²) in [4.78, 5) is 80.4. The van der Waals surface area contributed by atoms with Gasteiger partial charge in [-0.3, -0.25) is 42.8 Å². The van der Waals surface area contributed by atoms with Crippen LogP contribution in [0, 0.1) is 5.92 Å². The van der Waals surface area contributed by atoms with Gasteiger partial charge in [-0.05, 0) is 55.5 Å². The van der Waals surface area contributed by atoms with E-state index >= 15 is 0 Å². The summed E-state index contributed by atoms with van der Waals surface area (Å²) in [5.74, 6) is -4.42. The Bertz CT molecular complexity index is 1990. The van der Waals surface area contributed by atoms with Gasteiger partial charge in [0.05, 0.1) is 17.8 Å². The monoisotopic (exact) mass is 702 g/mol. The van der Waals surface area contributed by atoms with Gasteiger partial charge in [-0.2, -0.15) is 0 Å². The molecule has 3 N–H and O–H groups in total. The molecule has 47 heavy (non-hydrogen) atoms. The Balaban J connectivity index is 1.86. The first kappa shape index (κ1) is 34.0. The van der Waals surface area contributed by atoms with Gasteiger partial charge in [0.2, 0.25) is 0 Å². The number of aromatic nitrogens is 2. The molecule has 0 radical (unpaired) electrons. The molecule has 2 aliphatic heterocycles. The summed E-state index contributed by atoms with van der Waals surface area (Å²) >= 11 is 7.16. The molecule has 14 nitrogen and oxygen atoms in total. The Morgan fingerprint density at radius 1 is 0.936 bits per heavy atom. The topological polar surface area (TPSA) is 189 Å². The fourth-order valence-electron chi connectivity index (χ4n) is 5.95. The largest absolute Gasteiger partial charge is 0.497 e. The fourth-order valence-corrected chi connectivity index (χ4v) is 8.43. The molecular formula is C30H30N4O10S3. The molecule has 0 spiro atoms. The van der Waals surface area contributed by atoms with Crippen LogP contribution in [0.15, 0.2) is 43.8 Å². The molecule has 2 aromatic rings. The van der Waals surface area contributed by atoms with Crippen LogP contribution in [-0.2, 0) is 32.3 Å². The number of benzene rings is 1. The predicted octanol–water partition coefficient (Wildman–Crippen LogP) is 1.06. The molecule has 0 atom stereocenters. The molecule has 0 bridgehead atoms. The summed E-state index contributed by atoms with van der Waals surface area (Å²) in [5.41, 5.74) is -1.02. The van der Waals surface area contributed by atoms with Crippen molar-refractivity contribution in [3.8, 4) is 5.75 Å². The van der Waals surface area contributed by atoms with E-state index in [0.717, 1.165) is 26.9 Å². The molecule has 1 saturated carbocycles. The highest BCUT2D eigenvalue weighted by atomic mass is 32.2.